The molecule has 218 valence electrons. The molecule has 0 spiro atoms. The predicted molar refractivity (Wildman–Crippen MR) is 153 cm³/mol. The van der Waals surface area contributed by atoms with Crippen LogP contribution in [0.3, 0.4) is 0 Å². The lowest BCUT2D eigenvalue weighted by Crippen LogP contribution is -2.27. The second-order valence-corrected chi connectivity index (χ2v) is 9.22. The van der Waals surface area contributed by atoms with Gasteiger partial charge in [0.05, 0.1) is 38.9 Å². The van der Waals surface area contributed by atoms with Crippen LogP contribution in [0.1, 0.15) is 54.9 Å². The van der Waals surface area contributed by atoms with Crippen molar-refractivity contribution in [3.63, 3.8) is 0 Å². The molecular formula is C29H36N6O6. The first kappa shape index (κ1) is 29.4. The molecule has 0 fully saturated rings. The van der Waals surface area contributed by atoms with Crippen molar-refractivity contribution in [1.29, 1.82) is 0 Å². The van der Waals surface area contributed by atoms with E-state index in [0.29, 0.717) is 49.3 Å². The zero-order chi connectivity index (χ0) is 28.9. The Morgan fingerprint density at radius 1 is 0.951 bits per heavy atom. The summed E-state index contributed by atoms with van der Waals surface area (Å²) in [5.41, 5.74) is 2.01. The maximum Gasteiger partial charge on any atom is 0.323 e. The van der Waals surface area contributed by atoms with Crippen molar-refractivity contribution < 1.29 is 28.5 Å². The Kier molecular flexibility index (Phi) is 10.9. The summed E-state index contributed by atoms with van der Waals surface area (Å²) < 4.78 is 22.1. The van der Waals surface area contributed by atoms with E-state index in [2.05, 4.69) is 35.6 Å². The molecule has 41 heavy (non-hydrogen) atoms. The Labute approximate surface area is 239 Å². The molecule has 3 N–H and O–H groups in total. The molecule has 1 aromatic heterocycles. The van der Waals surface area contributed by atoms with Crippen LogP contribution in [0.4, 0.5) is 17.6 Å². The number of aromatic nitrogens is 3. The number of nitrogens with zero attached hydrogens (tertiary/aromatic N) is 3. The van der Waals surface area contributed by atoms with Gasteiger partial charge in [-0.2, -0.15) is 15.0 Å². The highest BCUT2D eigenvalue weighted by molar-refractivity contribution is 5.97. The van der Waals surface area contributed by atoms with E-state index in [1.807, 2.05) is 31.2 Å². The summed E-state index contributed by atoms with van der Waals surface area (Å²) in [6.45, 7) is 3.95. The topological polar surface area (TPSA) is 146 Å². The fourth-order valence-electron chi connectivity index (χ4n) is 4.01. The number of fused-ring (bicyclic) bond motifs is 10. The number of esters is 1. The van der Waals surface area contributed by atoms with Gasteiger partial charge in [-0.3, -0.25) is 9.59 Å². The average molecular weight is 565 g/mol. The second kappa shape index (κ2) is 15.2. The first-order valence-corrected chi connectivity index (χ1v) is 13.8. The summed E-state index contributed by atoms with van der Waals surface area (Å²) in [4.78, 5) is 37.6. The fourth-order valence-corrected chi connectivity index (χ4v) is 4.01. The van der Waals surface area contributed by atoms with Gasteiger partial charge in [0, 0.05) is 24.8 Å². The van der Waals surface area contributed by atoms with E-state index in [1.165, 1.54) is 7.11 Å². The number of rotatable bonds is 6. The van der Waals surface area contributed by atoms with E-state index in [1.54, 1.807) is 18.2 Å². The number of nitrogens with one attached hydrogen (secondary N) is 3. The third-order valence-corrected chi connectivity index (χ3v) is 6.15. The number of ether oxygens (including phenoxy) is 4. The lowest BCUT2D eigenvalue weighted by Gasteiger charge is -2.15. The summed E-state index contributed by atoms with van der Waals surface area (Å²) >= 11 is 0. The molecule has 0 unspecified atom stereocenters. The normalized spacial score (nSPS) is 13.7. The highest BCUT2D eigenvalue weighted by Gasteiger charge is 2.16. The average Bonchev–Trinajstić information content (AvgIpc) is 2.97. The minimum Gasteiger partial charge on any atom is -0.494 e. The quantitative estimate of drug-likeness (QED) is 0.369. The highest BCUT2D eigenvalue weighted by Crippen LogP contribution is 2.26. The lowest BCUT2D eigenvalue weighted by atomic mass is 10.1. The molecule has 0 radical (unpaired) electrons. The van der Waals surface area contributed by atoms with Gasteiger partial charge in [0.1, 0.15) is 11.5 Å². The van der Waals surface area contributed by atoms with E-state index in [4.69, 9.17) is 14.2 Å². The molecular weight excluding hydrogens is 528 g/mol. The second-order valence-electron chi connectivity index (χ2n) is 9.22. The van der Waals surface area contributed by atoms with Crippen LogP contribution in [0.15, 0.2) is 42.5 Å². The van der Waals surface area contributed by atoms with Crippen molar-refractivity contribution >= 4 is 29.5 Å². The summed E-state index contributed by atoms with van der Waals surface area (Å²) in [6, 6.07) is 13.2. The van der Waals surface area contributed by atoms with E-state index in [9.17, 15) is 9.59 Å². The monoisotopic (exact) mass is 564 g/mol. The number of methoxy groups -OCH3 is 1. The van der Waals surface area contributed by atoms with Crippen LogP contribution in [0.5, 0.6) is 17.5 Å². The third kappa shape index (κ3) is 9.23. The van der Waals surface area contributed by atoms with E-state index < -0.39 is 5.97 Å². The van der Waals surface area contributed by atoms with Crippen LogP contribution in [0.25, 0.3) is 0 Å². The van der Waals surface area contributed by atoms with Crippen LogP contribution in [0.2, 0.25) is 0 Å². The van der Waals surface area contributed by atoms with Crippen molar-refractivity contribution in [2.24, 2.45) is 0 Å². The molecule has 0 atom stereocenters. The van der Waals surface area contributed by atoms with Gasteiger partial charge in [-0.1, -0.05) is 12.1 Å². The van der Waals surface area contributed by atoms with Gasteiger partial charge < -0.3 is 34.9 Å². The standard InChI is InChI=1S/C29H36N6O6/c1-3-39-29-34-27-31-19-20-8-11-22(12-9-20)40-16-6-4-5-7-17-41-24-18-21(32-28(33-27)35-29)10-13-23(24)26(37)30-15-14-25(36)38-2/h8-13,18H,3-7,14-17,19H2,1-2H3,(H,30,37)(H2,31,32,33,34,35). The Morgan fingerprint density at radius 2 is 1.71 bits per heavy atom. The maximum absolute atomic E-state index is 12.9. The van der Waals surface area contributed by atoms with Crippen LogP contribution in [0, 0.1) is 0 Å². The molecule has 0 saturated heterocycles. The molecule has 5 rings (SSSR count). The Balaban J connectivity index is 1.57. The van der Waals surface area contributed by atoms with Gasteiger partial charge in [-0.05, 0) is 62.4 Å². The maximum atomic E-state index is 12.9. The van der Waals surface area contributed by atoms with Crippen molar-refractivity contribution in [3.05, 3.63) is 53.6 Å². The fraction of sp³-hybridized carbons (Fsp3) is 0.414. The smallest absolute Gasteiger partial charge is 0.323 e. The van der Waals surface area contributed by atoms with Crippen LogP contribution in [-0.2, 0) is 16.1 Å². The Morgan fingerprint density at radius 3 is 2.46 bits per heavy atom. The molecule has 6 bridgehead atoms. The predicted octanol–water partition coefficient (Wildman–Crippen LogP) is 4.25. The van der Waals surface area contributed by atoms with Gasteiger partial charge in [0.25, 0.3) is 5.91 Å². The minimum absolute atomic E-state index is 0.0737. The van der Waals surface area contributed by atoms with Gasteiger partial charge in [0.15, 0.2) is 0 Å². The minimum atomic E-state index is -0.400. The van der Waals surface area contributed by atoms with Crippen LogP contribution >= 0.6 is 0 Å². The molecule has 2 aromatic carbocycles. The number of anilines is 3. The lowest BCUT2D eigenvalue weighted by molar-refractivity contribution is -0.140. The van der Waals surface area contributed by atoms with Crippen LogP contribution < -0.4 is 30.2 Å². The summed E-state index contributed by atoms with van der Waals surface area (Å²) in [5, 5.41) is 9.13. The zero-order valence-corrected chi connectivity index (χ0v) is 23.4. The molecule has 12 nitrogen and oxygen atoms in total. The molecule has 2 aliphatic heterocycles. The van der Waals surface area contributed by atoms with Crippen molar-refractivity contribution in [2.45, 2.75) is 45.6 Å². The molecule has 3 aromatic rings. The Bertz CT molecular complexity index is 1300. The molecule has 0 aliphatic carbocycles. The first-order chi connectivity index (χ1) is 20.0. The highest BCUT2D eigenvalue weighted by atomic mass is 16.5. The number of hydrogen-bond donors (Lipinski definition) is 3. The van der Waals surface area contributed by atoms with E-state index in [0.717, 1.165) is 37.0 Å². The molecule has 3 heterocycles. The Hall–Kier alpha value is -4.61. The largest absolute Gasteiger partial charge is 0.494 e. The third-order valence-electron chi connectivity index (χ3n) is 6.15. The van der Waals surface area contributed by atoms with Crippen molar-refractivity contribution in [3.8, 4) is 17.5 Å². The van der Waals surface area contributed by atoms with Crippen molar-refractivity contribution in [1.82, 2.24) is 20.3 Å². The number of carbonyl (C=O) groups excluding carboxylic acids is 2. The molecule has 12 heteroatoms. The molecule has 2 aliphatic rings. The number of carbonyl (C=O) groups is 2. The van der Waals surface area contributed by atoms with Gasteiger partial charge in [-0.15, -0.1) is 0 Å². The van der Waals surface area contributed by atoms with E-state index >= 15 is 0 Å². The van der Waals surface area contributed by atoms with Gasteiger partial charge in [0.2, 0.25) is 11.9 Å². The summed E-state index contributed by atoms with van der Waals surface area (Å²) in [7, 11) is 1.31. The van der Waals surface area contributed by atoms with Crippen LogP contribution in [-0.4, -0.2) is 60.3 Å². The van der Waals surface area contributed by atoms with Gasteiger partial charge >= 0.3 is 12.0 Å². The zero-order valence-electron chi connectivity index (χ0n) is 23.4. The van der Waals surface area contributed by atoms with Gasteiger partial charge in [-0.25, -0.2) is 0 Å². The first-order valence-electron chi connectivity index (χ1n) is 13.8. The van der Waals surface area contributed by atoms with E-state index in [-0.39, 0.29) is 30.8 Å². The number of benzene rings is 2. The summed E-state index contributed by atoms with van der Waals surface area (Å²) in [6.07, 6.45) is 3.77. The number of amides is 1. The molecule has 0 saturated carbocycles. The number of hydrogen-bond acceptors (Lipinski definition) is 11. The van der Waals surface area contributed by atoms with Crippen molar-refractivity contribution in [2.75, 3.05) is 44.1 Å². The molecule has 1 amide bonds. The summed E-state index contributed by atoms with van der Waals surface area (Å²) in [5.74, 6) is 1.08. The SMILES string of the molecule is CCOc1nc2nc(n1)Nc1ccc(C(=O)NCCC(=O)OC)c(c1)OCCCCCCOc1ccc(cc1)CN2.